The largest absolute Gasteiger partial charge is 0.325 e. The summed E-state index contributed by atoms with van der Waals surface area (Å²) in [5.74, 6) is -1.67. The lowest BCUT2D eigenvalue weighted by Crippen LogP contribution is -2.51. The third-order valence-corrected chi connectivity index (χ3v) is 5.48. The molecule has 2 aliphatic rings. The SMILES string of the molecule is Cc1nn(-c2ccccc2)c2c1C1(C(=O)Nc3ccccc31)C(C#N)C(=O)N2. The van der Waals surface area contributed by atoms with Crippen LogP contribution in [0.4, 0.5) is 11.5 Å². The molecule has 2 amide bonds. The molecule has 2 atom stereocenters. The molecule has 5 rings (SSSR count). The average molecular weight is 369 g/mol. The van der Waals surface area contributed by atoms with Gasteiger partial charge in [0.05, 0.1) is 17.5 Å². The van der Waals surface area contributed by atoms with E-state index in [9.17, 15) is 14.9 Å². The Hall–Kier alpha value is -3.92. The van der Waals surface area contributed by atoms with Crippen LogP contribution in [0.2, 0.25) is 0 Å². The minimum Gasteiger partial charge on any atom is -0.325 e. The minimum atomic E-state index is -1.43. The number of para-hydroxylation sites is 2. The van der Waals surface area contributed by atoms with Gasteiger partial charge in [0.2, 0.25) is 11.8 Å². The highest BCUT2D eigenvalue weighted by atomic mass is 16.2. The number of carbonyl (C=O) groups is 2. The molecule has 2 N–H and O–H groups in total. The lowest BCUT2D eigenvalue weighted by atomic mass is 9.64. The number of carbonyl (C=O) groups excluding carboxylic acids is 2. The maximum Gasteiger partial charge on any atom is 0.244 e. The molecule has 1 spiro atoms. The first-order valence-corrected chi connectivity index (χ1v) is 8.86. The molecule has 0 saturated carbocycles. The van der Waals surface area contributed by atoms with Crippen molar-refractivity contribution in [3.05, 3.63) is 71.4 Å². The Morgan fingerprint density at radius 3 is 2.54 bits per heavy atom. The molecule has 0 saturated heterocycles. The number of nitrogens with one attached hydrogen (secondary N) is 2. The van der Waals surface area contributed by atoms with Gasteiger partial charge in [-0.05, 0) is 30.7 Å². The molecule has 28 heavy (non-hydrogen) atoms. The van der Waals surface area contributed by atoms with Crippen molar-refractivity contribution < 1.29 is 9.59 Å². The van der Waals surface area contributed by atoms with E-state index in [0.29, 0.717) is 28.3 Å². The first-order chi connectivity index (χ1) is 13.6. The summed E-state index contributed by atoms with van der Waals surface area (Å²) in [6, 6.07) is 18.6. The molecule has 1 aromatic heterocycles. The van der Waals surface area contributed by atoms with Gasteiger partial charge >= 0.3 is 0 Å². The van der Waals surface area contributed by atoms with Gasteiger partial charge in [0, 0.05) is 11.3 Å². The Morgan fingerprint density at radius 1 is 1.07 bits per heavy atom. The number of nitriles is 1. The van der Waals surface area contributed by atoms with Gasteiger partial charge in [0.1, 0.15) is 17.2 Å². The fraction of sp³-hybridized carbons (Fsp3) is 0.143. The Morgan fingerprint density at radius 2 is 1.79 bits per heavy atom. The molecule has 136 valence electrons. The van der Waals surface area contributed by atoms with E-state index in [-0.39, 0.29) is 5.91 Å². The quantitative estimate of drug-likeness (QED) is 0.688. The van der Waals surface area contributed by atoms with Crippen LogP contribution in [0.15, 0.2) is 54.6 Å². The summed E-state index contributed by atoms with van der Waals surface area (Å²) in [4.78, 5) is 26.2. The highest BCUT2D eigenvalue weighted by molar-refractivity contribution is 6.16. The van der Waals surface area contributed by atoms with Crippen LogP contribution >= 0.6 is 0 Å². The minimum absolute atomic E-state index is 0.382. The number of nitrogens with zero attached hydrogens (tertiary/aromatic N) is 3. The second-order valence-corrected chi connectivity index (χ2v) is 6.92. The van der Waals surface area contributed by atoms with Crippen molar-refractivity contribution in [3.63, 3.8) is 0 Å². The Kier molecular flexibility index (Phi) is 3.22. The van der Waals surface area contributed by atoms with Crippen molar-refractivity contribution in [1.29, 1.82) is 5.26 Å². The van der Waals surface area contributed by atoms with E-state index in [1.54, 1.807) is 29.8 Å². The Balaban J connectivity index is 1.88. The maximum atomic E-state index is 13.3. The smallest absolute Gasteiger partial charge is 0.244 e. The molecule has 2 unspecified atom stereocenters. The maximum absolute atomic E-state index is 13.3. The van der Waals surface area contributed by atoms with Gasteiger partial charge in [-0.3, -0.25) is 9.59 Å². The first kappa shape index (κ1) is 16.3. The highest BCUT2D eigenvalue weighted by Gasteiger charge is 2.61. The van der Waals surface area contributed by atoms with E-state index in [4.69, 9.17) is 0 Å². The van der Waals surface area contributed by atoms with Crippen LogP contribution in [0.5, 0.6) is 0 Å². The molecule has 7 heteroatoms. The topological polar surface area (TPSA) is 99.8 Å². The fourth-order valence-electron chi connectivity index (χ4n) is 4.37. The summed E-state index contributed by atoms with van der Waals surface area (Å²) in [6.45, 7) is 1.79. The van der Waals surface area contributed by atoms with Crippen LogP contribution in [-0.2, 0) is 15.0 Å². The van der Waals surface area contributed by atoms with E-state index >= 15 is 0 Å². The number of amides is 2. The molecule has 0 aliphatic carbocycles. The summed E-state index contributed by atoms with van der Waals surface area (Å²) in [6.07, 6.45) is 0. The molecule has 2 aliphatic heterocycles. The third kappa shape index (κ3) is 1.84. The zero-order valence-electron chi connectivity index (χ0n) is 14.9. The molecule has 7 nitrogen and oxygen atoms in total. The first-order valence-electron chi connectivity index (χ1n) is 8.86. The predicted octanol–water partition coefficient (Wildman–Crippen LogP) is 2.51. The van der Waals surface area contributed by atoms with Crippen molar-refractivity contribution >= 4 is 23.3 Å². The number of rotatable bonds is 1. The van der Waals surface area contributed by atoms with E-state index < -0.39 is 17.2 Å². The average Bonchev–Trinajstić information content (AvgIpc) is 3.18. The van der Waals surface area contributed by atoms with Crippen LogP contribution in [0.25, 0.3) is 5.69 Å². The normalized spacial score (nSPS) is 22.2. The Labute approximate surface area is 160 Å². The van der Waals surface area contributed by atoms with E-state index in [0.717, 1.165) is 5.69 Å². The van der Waals surface area contributed by atoms with Crippen LogP contribution in [0.1, 0.15) is 16.8 Å². The number of benzene rings is 2. The van der Waals surface area contributed by atoms with Crippen molar-refractivity contribution in [2.24, 2.45) is 5.92 Å². The highest BCUT2D eigenvalue weighted by Crippen LogP contribution is 2.53. The molecule has 3 aromatic rings. The lowest BCUT2D eigenvalue weighted by Gasteiger charge is -2.35. The summed E-state index contributed by atoms with van der Waals surface area (Å²) < 4.78 is 1.62. The molecule has 0 radical (unpaired) electrons. The standard InChI is InChI=1S/C21H15N5O2/c1-12-17-18(26(25-12)13-7-3-2-4-8-13)24-19(27)15(11-22)21(17)14-9-5-6-10-16(14)23-20(21)28/h2-10,15H,1H3,(H,23,28)(H,24,27). The Bertz CT molecular complexity index is 1190. The number of fused-ring (bicyclic) bond motifs is 4. The summed E-state index contributed by atoms with van der Waals surface area (Å²) in [5.41, 5.74) is 1.71. The summed E-state index contributed by atoms with van der Waals surface area (Å²) in [5, 5.41) is 20.1. The van der Waals surface area contributed by atoms with E-state index in [1.807, 2.05) is 36.4 Å². The zero-order valence-corrected chi connectivity index (χ0v) is 14.9. The van der Waals surface area contributed by atoms with Gasteiger partial charge in [0.25, 0.3) is 0 Å². The number of anilines is 2. The third-order valence-electron chi connectivity index (χ3n) is 5.48. The van der Waals surface area contributed by atoms with Gasteiger partial charge in [-0.25, -0.2) is 4.68 Å². The van der Waals surface area contributed by atoms with Gasteiger partial charge in [-0.1, -0.05) is 36.4 Å². The second kappa shape index (κ2) is 5.54. The van der Waals surface area contributed by atoms with Crippen molar-refractivity contribution in [3.8, 4) is 11.8 Å². The molecular weight excluding hydrogens is 354 g/mol. The van der Waals surface area contributed by atoms with Crippen LogP contribution in [0.3, 0.4) is 0 Å². The molecular formula is C21H15N5O2. The number of hydrogen-bond acceptors (Lipinski definition) is 4. The number of hydrogen-bond donors (Lipinski definition) is 2. The summed E-state index contributed by atoms with van der Waals surface area (Å²) >= 11 is 0. The van der Waals surface area contributed by atoms with Crippen molar-refractivity contribution in [2.45, 2.75) is 12.3 Å². The molecule has 3 heterocycles. The summed E-state index contributed by atoms with van der Waals surface area (Å²) in [7, 11) is 0. The lowest BCUT2D eigenvalue weighted by molar-refractivity contribution is -0.127. The van der Waals surface area contributed by atoms with Gasteiger partial charge in [-0.15, -0.1) is 0 Å². The molecule has 0 bridgehead atoms. The van der Waals surface area contributed by atoms with Crippen molar-refractivity contribution in [1.82, 2.24) is 9.78 Å². The number of aryl methyl sites for hydroxylation is 1. The monoisotopic (exact) mass is 369 g/mol. The van der Waals surface area contributed by atoms with Crippen LogP contribution in [0, 0.1) is 24.2 Å². The fourth-order valence-corrected chi connectivity index (χ4v) is 4.37. The number of aromatic nitrogens is 2. The van der Waals surface area contributed by atoms with Crippen LogP contribution in [-0.4, -0.2) is 21.6 Å². The second-order valence-electron chi connectivity index (χ2n) is 6.92. The van der Waals surface area contributed by atoms with Gasteiger partial charge in [-0.2, -0.15) is 10.4 Å². The molecule has 0 fully saturated rings. The van der Waals surface area contributed by atoms with Crippen molar-refractivity contribution in [2.75, 3.05) is 10.6 Å². The van der Waals surface area contributed by atoms with Gasteiger partial charge in [0.15, 0.2) is 0 Å². The molecule has 2 aromatic carbocycles. The van der Waals surface area contributed by atoms with E-state index in [1.165, 1.54) is 0 Å². The van der Waals surface area contributed by atoms with Gasteiger partial charge < -0.3 is 10.6 Å². The zero-order chi connectivity index (χ0) is 19.5. The van der Waals surface area contributed by atoms with Crippen LogP contribution < -0.4 is 10.6 Å². The predicted molar refractivity (Wildman–Crippen MR) is 102 cm³/mol. The van der Waals surface area contributed by atoms with E-state index in [2.05, 4.69) is 21.8 Å².